The molecule has 2 unspecified atom stereocenters. The van der Waals surface area contributed by atoms with Crippen LogP contribution in [-0.4, -0.2) is 11.6 Å². The molecule has 0 aromatic heterocycles. The average molecular weight is 275 g/mol. The van der Waals surface area contributed by atoms with Gasteiger partial charge in [-0.05, 0) is 32.8 Å². The van der Waals surface area contributed by atoms with Gasteiger partial charge in [0.15, 0.2) is 0 Å². The lowest BCUT2D eigenvalue weighted by Crippen LogP contribution is -2.43. The molecule has 0 radical (unpaired) electrons. The van der Waals surface area contributed by atoms with E-state index >= 15 is 0 Å². The van der Waals surface area contributed by atoms with Crippen molar-refractivity contribution in [1.82, 2.24) is 5.32 Å². The van der Waals surface area contributed by atoms with Crippen LogP contribution in [-0.2, 0) is 0 Å². The maximum absolute atomic E-state index is 6.10. The molecule has 2 nitrogen and oxygen atoms in total. The molecule has 1 aromatic rings. The fourth-order valence-electron chi connectivity index (χ4n) is 3.40. The summed E-state index contributed by atoms with van der Waals surface area (Å²) in [7, 11) is 0. The Labute approximate surface area is 123 Å². The lowest BCUT2D eigenvalue weighted by atomic mass is 9.87. The summed E-state index contributed by atoms with van der Waals surface area (Å²) in [5, 5.41) is 3.85. The fraction of sp³-hybridized carbons (Fsp3) is 0.667. The first-order valence-electron chi connectivity index (χ1n) is 8.00. The summed E-state index contributed by atoms with van der Waals surface area (Å²) in [5.74, 6) is 1.78. The summed E-state index contributed by atoms with van der Waals surface area (Å²) in [6.45, 7) is 11.3. The minimum atomic E-state index is -0.0976. The second-order valence-electron chi connectivity index (χ2n) is 6.69. The first-order chi connectivity index (χ1) is 9.46. The van der Waals surface area contributed by atoms with E-state index in [2.05, 4.69) is 64.2 Å². The third kappa shape index (κ3) is 3.35. The molecular weight excluding hydrogens is 246 g/mol. The molecular formula is C18H29NO. The molecule has 2 atom stereocenters. The summed E-state index contributed by atoms with van der Waals surface area (Å²) >= 11 is 0. The van der Waals surface area contributed by atoms with Crippen molar-refractivity contribution in [1.29, 1.82) is 0 Å². The molecule has 20 heavy (non-hydrogen) atoms. The van der Waals surface area contributed by atoms with Gasteiger partial charge in [-0.1, -0.05) is 44.9 Å². The van der Waals surface area contributed by atoms with Gasteiger partial charge < -0.3 is 10.1 Å². The molecule has 112 valence electrons. The van der Waals surface area contributed by atoms with Crippen molar-refractivity contribution in [2.45, 2.75) is 71.6 Å². The van der Waals surface area contributed by atoms with Crippen LogP contribution in [0.25, 0.3) is 0 Å². The van der Waals surface area contributed by atoms with E-state index in [1.807, 2.05) is 0 Å². The maximum atomic E-state index is 6.10. The van der Waals surface area contributed by atoms with E-state index in [1.54, 1.807) is 0 Å². The molecule has 0 spiro atoms. The van der Waals surface area contributed by atoms with Crippen molar-refractivity contribution in [2.24, 2.45) is 5.92 Å². The van der Waals surface area contributed by atoms with Gasteiger partial charge in [0.05, 0.1) is 0 Å². The van der Waals surface area contributed by atoms with Gasteiger partial charge in [-0.25, -0.2) is 0 Å². The smallest absolute Gasteiger partial charge is 0.124 e. The van der Waals surface area contributed by atoms with Gasteiger partial charge in [-0.15, -0.1) is 0 Å². The zero-order valence-corrected chi connectivity index (χ0v) is 13.6. The van der Waals surface area contributed by atoms with Gasteiger partial charge in [0.2, 0.25) is 0 Å². The summed E-state index contributed by atoms with van der Waals surface area (Å²) in [6, 6.07) is 9.38. The van der Waals surface area contributed by atoms with Gasteiger partial charge in [0, 0.05) is 24.1 Å². The Balaban J connectivity index is 2.19. The second kappa shape index (κ2) is 6.17. The SMILES string of the molecule is CCC(CC)C(C)NC1CC(C)(C)Oc2ccccc21. The highest BCUT2D eigenvalue weighted by Gasteiger charge is 2.34. The second-order valence-corrected chi connectivity index (χ2v) is 6.69. The topological polar surface area (TPSA) is 21.3 Å². The monoisotopic (exact) mass is 275 g/mol. The molecule has 1 heterocycles. The minimum Gasteiger partial charge on any atom is -0.487 e. The first kappa shape index (κ1) is 15.4. The molecule has 0 saturated heterocycles. The standard InChI is InChI=1S/C18H29NO/c1-6-14(7-2)13(3)19-16-12-18(4,5)20-17-11-9-8-10-15(16)17/h8-11,13-14,16,19H,6-7,12H2,1-5H3. The van der Waals surface area contributed by atoms with E-state index in [0.29, 0.717) is 12.1 Å². The third-order valence-corrected chi connectivity index (χ3v) is 4.60. The Hall–Kier alpha value is -1.02. The molecule has 1 N–H and O–H groups in total. The van der Waals surface area contributed by atoms with Crippen molar-refractivity contribution in [3.05, 3.63) is 29.8 Å². The predicted octanol–water partition coefficient (Wildman–Crippen LogP) is 4.70. The zero-order valence-electron chi connectivity index (χ0n) is 13.6. The van der Waals surface area contributed by atoms with Gasteiger partial charge in [0.25, 0.3) is 0 Å². The Morgan fingerprint density at radius 3 is 2.55 bits per heavy atom. The van der Waals surface area contributed by atoms with Crippen molar-refractivity contribution < 1.29 is 4.74 Å². The van der Waals surface area contributed by atoms with Crippen LogP contribution in [0.15, 0.2) is 24.3 Å². The lowest BCUT2D eigenvalue weighted by molar-refractivity contribution is 0.0620. The molecule has 2 rings (SSSR count). The lowest BCUT2D eigenvalue weighted by Gasteiger charge is -2.40. The Morgan fingerprint density at radius 2 is 1.90 bits per heavy atom. The van der Waals surface area contributed by atoms with Gasteiger partial charge in [-0.3, -0.25) is 0 Å². The highest BCUT2D eigenvalue weighted by atomic mass is 16.5. The first-order valence-corrected chi connectivity index (χ1v) is 8.00. The van der Waals surface area contributed by atoms with Crippen LogP contribution in [0.5, 0.6) is 5.75 Å². The maximum Gasteiger partial charge on any atom is 0.124 e. The summed E-state index contributed by atoms with van der Waals surface area (Å²) in [6.07, 6.45) is 3.49. The Bertz CT molecular complexity index is 437. The average Bonchev–Trinajstić information content (AvgIpc) is 2.38. The summed E-state index contributed by atoms with van der Waals surface area (Å²) in [5.41, 5.74) is 1.21. The van der Waals surface area contributed by atoms with Crippen LogP contribution in [0.1, 0.15) is 65.5 Å². The van der Waals surface area contributed by atoms with E-state index in [9.17, 15) is 0 Å². The largest absolute Gasteiger partial charge is 0.487 e. The van der Waals surface area contributed by atoms with Gasteiger partial charge in [0.1, 0.15) is 11.4 Å². The number of fused-ring (bicyclic) bond motifs is 1. The quantitative estimate of drug-likeness (QED) is 0.840. The Morgan fingerprint density at radius 1 is 1.25 bits per heavy atom. The Kier molecular flexibility index (Phi) is 4.74. The molecule has 0 amide bonds. The minimum absolute atomic E-state index is 0.0976. The number of nitrogens with one attached hydrogen (secondary N) is 1. The number of benzene rings is 1. The van der Waals surface area contributed by atoms with E-state index in [0.717, 1.165) is 18.1 Å². The highest BCUT2D eigenvalue weighted by Crippen LogP contribution is 2.39. The van der Waals surface area contributed by atoms with Crippen LogP contribution >= 0.6 is 0 Å². The third-order valence-electron chi connectivity index (χ3n) is 4.60. The fourth-order valence-corrected chi connectivity index (χ4v) is 3.40. The number of ether oxygens (including phenoxy) is 1. The molecule has 0 fully saturated rings. The van der Waals surface area contributed by atoms with E-state index in [1.165, 1.54) is 18.4 Å². The van der Waals surface area contributed by atoms with Gasteiger partial charge in [-0.2, -0.15) is 0 Å². The van der Waals surface area contributed by atoms with Crippen LogP contribution in [0, 0.1) is 5.92 Å². The van der Waals surface area contributed by atoms with E-state index in [-0.39, 0.29) is 5.60 Å². The number of hydrogen-bond donors (Lipinski definition) is 1. The van der Waals surface area contributed by atoms with Crippen molar-refractivity contribution in [3.8, 4) is 5.75 Å². The van der Waals surface area contributed by atoms with Crippen LogP contribution in [0.4, 0.5) is 0 Å². The van der Waals surface area contributed by atoms with Crippen LogP contribution in [0.2, 0.25) is 0 Å². The highest BCUT2D eigenvalue weighted by molar-refractivity contribution is 5.38. The van der Waals surface area contributed by atoms with Crippen molar-refractivity contribution >= 4 is 0 Å². The molecule has 0 bridgehead atoms. The molecule has 1 aromatic carbocycles. The number of para-hydroxylation sites is 1. The van der Waals surface area contributed by atoms with E-state index in [4.69, 9.17) is 4.74 Å². The van der Waals surface area contributed by atoms with Gasteiger partial charge >= 0.3 is 0 Å². The molecule has 0 saturated carbocycles. The van der Waals surface area contributed by atoms with Crippen LogP contribution in [0.3, 0.4) is 0 Å². The van der Waals surface area contributed by atoms with Crippen molar-refractivity contribution in [3.63, 3.8) is 0 Å². The number of hydrogen-bond acceptors (Lipinski definition) is 2. The summed E-state index contributed by atoms with van der Waals surface area (Å²) in [4.78, 5) is 0. The summed E-state index contributed by atoms with van der Waals surface area (Å²) < 4.78 is 6.10. The normalized spacial score (nSPS) is 22.2. The molecule has 1 aliphatic rings. The molecule has 0 aliphatic carbocycles. The molecule has 1 aliphatic heterocycles. The zero-order chi connectivity index (χ0) is 14.8. The van der Waals surface area contributed by atoms with Crippen molar-refractivity contribution in [2.75, 3.05) is 0 Å². The van der Waals surface area contributed by atoms with Crippen LogP contribution < -0.4 is 10.1 Å². The van der Waals surface area contributed by atoms with E-state index < -0.39 is 0 Å². The predicted molar refractivity (Wildman–Crippen MR) is 85.2 cm³/mol. The molecule has 2 heteroatoms. The number of rotatable bonds is 5.